The quantitative estimate of drug-likeness (QED) is 0.920. The number of hydrogen-bond acceptors (Lipinski definition) is 3. The minimum atomic E-state index is 0.0526. The van der Waals surface area contributed by atoms with Crippen molar-refractivity contribution in [2.45, 2.75) is 39.7 Å². The number of aromatic nitrogens is 1. The third kappa shape index (κ3) is 3.24. The van der Waals surface area contributed by atoms with Crippen molar-refractivity contribution in [3.05, 3.63) is 29.1 Å². The molecule has 0 radical (unpaired) electrons. The summed E-state index contributed by atoms with van der Waals surface area (Å²) in [7, 11) is 0. The summed E-state index contributed by atoms with van der Waals surface area (Å²) in [5.74, 6) is 0.662. The van der Waals surface area contributed by atoms with Crippen molar-refractivity contribution in [3.63, 3.8) is 0 Å². The Hall–Kier alpha value is -1.06. The molecule has 0 saturated carbocycles. The van der Waals surface area contributed by atoms with Crippen LogP contribution in [-0.2, 0) is 6.42 Å². The number of nitrogens with two attached hydrogens (primary N) is 1. The normalized spacial score (nSPS) is 14.1. The highest BCUT2D eigenvalue weighted by Gasteiger charge is 2.18. The lowest BCUT2D eigenvalue weighted by atomic mass is 9.87. The minimum absolute atomic E-state index is 0.0526. The maximum absolute atomic E-state index is 6.12. The monoisotopic (exact) mass is 266 g/mol. The van der Waals surface area contributed by atoms with E-state index in [0.717, 1.165) is 11.9 Å². The lowest BCUT2D eigenvalue weighted by Crippen LogP contribution is -2.28. The molecule has 0 saturated heterocycles. The molecule has 0 aliphatic rings. The molecule has 3 nitrogen and oxygen atoms in total. The number of rotatable bonds is 3. The van der Waals surface area contributed by atoms with Crippen LogP contribution in [0.15, 0.2) is 22.6 Å². The second-order valence-electron chi connectivity index (χ2n) is 5.92. The van der Waals surface area contributed by atoms with E-state index in [1.807, 2.05) is 12.1 Å². The highest BCUT2D eigenvalue weighted by molar-refractivity contribution is 6.34. The molecular weight excluding hydrogens is 248 g/mol. The molecule has 2 aromatic rings. The van der Waals surface area contributed by atoms with Gasteiger partial charge in [0.25, 0.3) is 0 Å². The molecule has 2 N–H and O–H groups in total. The van der Waals surface area contributed by atoms with E-state index in [1.165, 1.54) is 0 Å². The Labute approximate surface area is 112 Å². The van der Waals surface area contributed by atoms with Crippen LogP contribution in [0, 0.1) is 5.41 Å². The van der Waals surface area contributed by atoms with Gasteiger partial charge in [-0.15, -0.1) is 0 Å². The molecule has 1 aromatic carbocycles. The van der Waals surface area contributed by atoms with Gasteiger partial charge in [-0.1, -0.05) is 38.4 Å². The third-order valence-corrected chi connectivity index (χ3v) is 3.02. The molecule has 2 rings (SSSR count). The molecule has 0 aliphatic carbocycles. The van der Waals surface area contributed by atoms with E-state index in [9.17, 15) is 0 Å². The lowest BCUT2D eigenvalue weighted by molar-refractivity contribution is 0.329. The lowest BCUT2D eigenvalue weighted by Gasteiger charge is -2.22. The van der Waals surface area contributed by atoms with Crippen LogP contribution >= 0.6 is 11.6 Å². The highest BCUT2D eigenvalue weighted by Crippen LogP contribution is 2.26. The highest BCUT2D eigenvalue weighted by atomic mass is 35.5. The van der Waals surface area contributed by atoms with Gasteiger partial charge in [-0.2, -0.15) is 0 Å². The second-order valence-corrected chi connectivity index (χ2v) is 6.33. The van der Waals surface area contributed by atoms with E-state index < -0.39 is 0 Å². The van der Waals surface area contributed by atoms with Gasteiger partial charge in [0.05, 0.1) is 5.02 Å². The standard InChI is InChI=1S/C14H19ClN2O/c1-14(2,3)8-9(16)7-12-17-11-6-4-5-10(15)13(11)18-12/h4-6,9H,7-8,16H2,1-3H3. The molecule has 1 atom stereocenters. The summed E-state index contributed by atoms with van der Waals surface area (Å²) in [6, 6.07) is 5.61. The van der Waals surface area contributed by atoms with Gasteiger partial charge in [0.2, 0.25) is 0 Å². The van der Waals surface area contributed by atoms with Crippen LogP contribution in [-0.4, -0.2) is 11.0 Å². The fourth-order valence-corrected chi connectivity index (χ4v) is 2.34. The Bertz CT molecular complexity index is 542. The van der Waals surface area contributed by atoms with Crippen molar-refractivity contribution < 1.29 is 4.42 Å². The van der Waals surface area contributed by atoms with Crippen LogP contribution in [0.3, 0.4) is 0 Å². The number of benzene rings is 1. The summed E-state index contributed by atoms with van der Waals surface area (Å²) in [6.45, 7) is 6.53. The maximum Gasteiger partial charge on any atom is 0.197 e. The molecule has 1 aromatic heterocycles. The largest absolute Gasteiger partial charge is 0.439 e. The number of oxazole rings is 1. The van der Waals surface area contributed by atoms with Crippen LogP contribution in [0.2, 0.25) is 5.02 Å². The first-order valence-corrected chi connectivity index (χ1v) is 6.52. The summed E-state index contributed by atoms with van der Waals surface area (Å²) in [5, 5.41) is 0.593. The molecule has 0 fully saturated rings. The Morgan fingerprint density at radius 2 is 2.11 bits per heavy atom. The molecule has 0 aliphatic heterocycles. The summed E-state index contributed by atoms with van der Waals surface area (Å²) in [5.41, 5.74) is 7.77. The van der Waals surface area contributed by atoms with Gasteiger partial charge in [-0.25, -0.2) is 4.98 Å². The van der Waals surface area contributed by atoms with Gasteiger partial charge in [0.15, 0.2) is 11.5 Å². The summed E-state index contributed by atoms with van der Waals surface area (Å²) < 4.78 is 5.66. The molecule has 4 heteroatoms. The minimum Gasteiger partial charge on any atom is -0.439 e. The number of para-hydroxylation sites is 1. The smallest absolute Gasteiger partial charge is 0.197 e. The van der Waals surface area contributed by atoms with Crippen molar-refractivity contribution in [1.29, 1.82) is 0 Å². The van der Waals surface area contributed by atoms with Crippen molar-refractivity contribution in [1.82, 2.24) is 4.98 Å². The summed E-state index contributed by atoms with van der Waals surface area (Å²) in [4.78, 5) is 4.41. The van der Waals surface area contributed by atoms with Crippen molar-refractivity contribution in [2.75, 3.05) is 0 Å². The summed E-state index contributed by atoms with van der Waals surface area (Å²) >= 11 is 6.05. The van der Waals surface area contributed by atoms with Crippen molar-refractivity contribution in [3.8, 4) is 0 Å². The molecule has 0 spiro atoms. The van der Waals surface area contributed by atoms with Crippen LogP contribution in [0.1, 0.15) is 33.1 Å². The first kappa shape index (κ1) is 13.4. The molecule has 1 unspecified atom stereocenters. The van der Waals surface area contributed by atoms with Gasteiger partial charge in [-0.05, 0) is 24.0 Å². The van der Waals surface area contributed by atoms with Gasteiger partial charge in [0.1, 0.15) is 5.52 Å². The SMILES string of the molecule is CC(C)(C)CC(N)Cc1nc2cccc(Cl)c2o1. The molecule has 0 amide bonds. The maximum atomic E-state index is 6.12. The Morgan fingerprint density at radius 3 is 2.72 bits per heavy atom. The number of halogens is 1. The van der Waals surface area contributed by atoms with Crippen molar-refractivity contribution in [2.24, 2.45) is 11.1 Å². The number of hydrogen-bond donors (Lipinski definition) is 1. The zero-order valence-electron chi connectivity index (χ0n) is 11.0. The average molecular weight is 267 g/mol. The fraction of sp³-hybridized carbons (Fsp3) is 0.500. The van der Waals surface area contributed by atoms with Gasteiger partial charge < -0.3 is 10.2 Å². The van der Waals surface area contributed by atoms with Crippen LogP contribution in [0.4, 0.5) is 0 Å². The number of nitrogens with zero attached hydrogens (tertiary/aromatic N) is 1. The van der Waals surface area contributed by atoms with Crippen LogP contribution < -0.4 is 5.73 Å². The van der Waals surface area contributed by atoms with E-state index in [0.29, 0.717) is 22.9 Å². The van der Waals surface area contributed by atoms with E-state index >= 15 is 0 Å². The predicted molar refractivity (Wildman–Crippen MR) is 74.8 cm³/mol. The van der Waals surface area contributed by atoms with Crippen LogP contribution in [0.25, 0.3) is 11.1 Å². The topological polar surface area (TPSA) is 52.0 Å². The average Bonchev–Trinajstić information content (AvgIpc) is 2.58. The fourth-order valence-electron chi connectivity index (χ4n) is 2.13. The molecule has 1 heterocycles. The molecule has 98 valence electrons. The van der Waals surface area contributed by atoms with E-state index in [-0.39, 0.29) is 11.5 Å². The Balaban J connectivity index is 2.15. The van der Waals surface area contributed by atoms with E-state index in [1.54, 1.807) is 6.07 Å². The first-order chi connectivity index (χ1) is 8.35. The van der Waals surface area contributed by atoms with E-state index in [4.69, 9.17) is 21.8 Å². The summed E-state index contributed by atoms with van der Waals surface area (Å²) in [6.07, 6.45) is 1.57. The molecule has 0 bridgehead atoms. The Morgan fingerprint density at radius 1 is 1.39 bits per heavy atom. The van der Waals surface area contributed by atoms with Gasteiger partial charge >= 0.3 is 0 Å². The first-order valence-electron chi connectivity index (χ1n) is 6.15. The number of fused-ring (bicyclic) bond motifs is 1. The molecular formula is C14H19ClN2O. The molecule has 18 heavy (non-hydrogen) atoms. The Kier molecular flexibility index (Phi) is 3.64. The predicted octanol–water partition coefficient (Wildman–Crippen LogP) is 3.79. The van der Waals surface area contributed by atoms with E-state index in [2.05, 4.69) is 25.8 Å². The zero-order chi connectivity index (χ0) is 13.3. The van der Waals surface area contributed by atoms with Gasteiger partial charge in [0, 0.05) is 12.5 Å². The van der Waals surface area contributed by atoms with Crippen LogP contribution in [0.5, 0.6) is 0 Å². The zero-order valence-corrected chi connectivity index (χ0v) is 11.8. The third-order valence-electron chi connectivity index (χ3n) is 2.72. The van der Waals surface area contributed by atoms with Crippen molar-refractivity contribution >= 4 is 22.7 Å². The van der Waals surface area contributed by atoms with Gasteiger partial charge in [-0.3, -0.25) is 0 Å². The second kappa shape index (κ2) is 4.90.